The number of esters is 1. The number of ether oxygens (including phenoxy) is 1. The van der Waals surface area contributed by atoms with E-state index in [0.717, 1.165) is 22.3 Å². The fourth-order valence-corrected chi connectivity index (χ4v) is 4.75. The molecule has 0 aliphatic heterocycles. The lowest BCUT2D eigenvalue weighted by molar-refractivity contribution is -0.143. The Kier molecular flexibility index (Phi) is 7.46. The van der Waals surface area contributed by atoms with Crippen LogP contribution < -0.4 is 5.32 Å². The zero-order valence-electron chi connectivity index (χ0n) is 18.8. The molecule has 0 amide bonds. The zero-order valence-corrected chi connectivity index (χ0v) is 20.4. The molecular weight excluding hydrogens is 490 g/mol. The third kappa shape index (κ3) is 4.91. The first kappa shape index (κ1) is 23.7. The molecule has 0 bridgehead atoms. The summed E-state index contributed by atoms with van der Waals surface area (Å²) in [7, 11) is 1.40. The van der Waals surface area contributed by atoms with Gasteiger partial charge in [-0.05, 0) is 56.7 Å². The van der Waals surface area contributed by atoms with Gasteiger partial charge in [0.2, 0.25) is 0 Å². The summed E-state index contributed by atoms with van der Waals surface area (Å²) in [6.07, 6.45) is 0.375. The van der Waals surface area contributed by atoms with Gasteiger partial charge in [0.15, 0.2) is 0 Å². The smallest absolute Gasteiger partial charge is 0.323 e. The Morgan fingerprint density at radius 3 is 1.74 bits per heavy atom. The Hall–Kier alpha value is -3.41. The summed E-state index contributed by atoms with van der Waals surface area (Å²) in [6.45, 7) is 0. The highest BCUT2D eigenvalue weighted by Crippen LogP contribution is 2.37. The highest BCUT2D eigenvalue weighted by Gasteiger charge is 2.40. The molecule has 0 spiro atoms. The molecular formula is C29H26BrNO3. The molecule has 0 saturated carbocycles. The fraction of sp³-hybridized carbons (Fsp3) is 0.138. The maximum absolute atomic E-state index is 13.1. The van der Waals surface area contributed by atoms with E-state index in [2.05, 4.69) is 57.6 Å². The maximum atomic E-state index is 13.1. The summed E-state index contributed by atoms with van der Waals surface area (Å²) < 4.78 is 5.81. The normalized spacial score (nSPS) is 12.2. The number of hydrogen-bond donors (Lipinski definition) is 2. The lowest BCUT2D eigenvalue weighted by Crippen LogP contribution is -2.53. The van der Waals surface area contributed by atoms with Crippen LogP contribution in [0.3, 0.4) is 0 Å². The number of methoxy groups -OCH3 is 1. The van der Waals surface area contributed by atoms with Gasteiger partial charge in [0.25, 0.3) is 0 Å². The number of phenolic OH excluding ortho intramolecular Hbond substituents is 1. The van der Waals surface area contributed by atoms with E-state index in [9.17, 15) is 9.90 Å². The number of phenols is 1. The van der Waals surface area contributed by atoms with Gasteiger partial charge in [0.05, 0.1) is 17.1 Å². The number of rotatable bonds is 8. The van der Waals surface area contributed by atoms with Crippen molar-refractivity contribution in [2.75, 3.05) is 7.11 Å². The van der Waals surface area contributed by atoms with Gasteiger partial charge in [-0.2, -0.15) is 0 Å². The molecule has 0 aliphatic rings. The number of hydrogen-bond acceptors (Lipinski definition) is 4. The van der Waals surface area contributed by atoms with Gasteiger partial charge in [0.1, 0.15) is 11.8 Å². The summed E-state index contributed by atoms with van der Waals surface area (Å²) >= 11 is 3.38. The van der Waals surface area contributed by atoms with E-state index in [4.69, 9.17) is 4.74 Å². The van der Waals surface area contributed by atoms with Crippen molar-refractivity contribution in [2.45, 2.75) is 18.0 Å². The van der Waals surface area contributed by atoms with E-state index in [0.29, 0.717) is 10.9 Å². The summed E-state index contributed by atoms with van der Waals surface area (Å²) in [5.74, 6) is -0.213. The molecule has 4 aromatic carbocycles. The minimum absolute atomic E-state index is 0.151. The molecule has 4 nitrogen and oxygen atoms in total. The van der Waals surface area contributed by atoms with Crippen molar-refractivity contribution in [3.63, 3.8) is 0 Å². The van der Waals surface area contributed by atoms with Gasteiger partial charge in [-0.1, -0.05) is 97.1 Å². The highest BCUT2D eigenvalue weighted by atomic mass is 79.9. The Bertz CT molecular complexity index is 1130. The van der Waals surface area contributed by atoms with Gasteiger partial charge in [-0.3, -0.25) is 10.1 Å². The van der Waals surface area contributed by atoms with Crippen LogP contribution in [0.25, 0.3) is 0 Å². The number of nitrogens with one attached hydrogen (secondary N) is 1. The quantitative estimate of drug-likeness (QED) is 0.229. The van der Waals surface area contributed by atoms with Crippen molar-refractivity contribution in [2.24, 2.45) is 0 Å². The fourth-order valence-electron chi connectivity index (χ4n) is 4.32. The van der Waals surface area contributed by atoms with Crippen LogP contribution in [0.4, 0.5) is 0 Å². The molecule has 0 saturated heterocycles. The second-order valence-electron chi connectivity index (χ2n) is 8.06. The van der Waals surface area contributed by atoms with E-state index >= 15 is 0 Å². The third-order valence-electron chi connectivity index (χ3n) is 5.95. The average Bonchev–Trinajstić information content (AvgIpc) is 2.89. The number of aromatic hydroxyl groups is 1. The van der Waals surface area contributed by atoms with Crippen LogP contribution in [0.1, 0.15) is 22.3 Å². The van der Waals surface area contributed by atoms with Gasteiger partial charge in [-0.25, -0.2) is 0 Å². The Labute approximate surface area is 208 Å². The van der Waals surface area contributed by atoms with Gasteiger partial charge < -0.3 is 9.84 Å². The lowest BCUT2D eigenvalue weighted by atomic mass is 9.76. The number of benzene rings is 4. The first-order valence-corrected chi connectivity index (χ1v) is 11.8. The highest BCUT2D eigenvalue weighted by molar-refractivity contribution is 9.10. The van der Waals surface area contributed by atoms with Crippen LogP contribution in [0, 0.1) is 0 Å². The third-order valence-corrected chi connectivity index (χ3v) is 6.58. The number of carbonyl (C=O) groups excluding carboxylic acids is 1. The molecule has 4 aromatic rings. The van der Waals surface area contributed by atoms with Crippen LogP contribution in [-0.2, 0) is 21.5 Å². The summed E-state index contributed by atoms with van der Waals surface area (Å²) in [4.78, 5) is 13.1. The second kappa shape index (κ2) is 10.7. The molecule has 1 unspecified atom stereocenters. The zero-order chi connectivity index (χ0) is 24.0. The molecule has 0 aliphatic carbocycles. The van der Waals surface area contributed by atoms with Crippen LogP contribution in [0.2, 0.25) is 0 Å². The maximum Gasteiger partial charge on any atom is 0.323 e. The van der Waals surface area contributed by atoms with Crippen LogP contribution in [0.5, 0.6) is 5.75 Å². The van der Waals surface area contributed by atoms with Crippen LogP contribution >= 0.6 is 15.9 Å². The van der Waals surface area contributed by atoms with Crippen molar-refractivity contribution in [1.82, 2.24) is 5.32 Å². The molecule has 1 atom stereocenters. The molecule has 0 aromatic heterocycles. The molecule has 0 radical (unpaired) electrons. The Balaban J connectivity index is 1.89. The second-order valence-corrected chi connectivity index (χ2v) is 8.91. The van der Waals surface area contributed by atoms with Crippen molar-refractivity contribution >= 4 is 21.9 Å². The summed E-state index contributed by atoms with van der Waals surface area (Å²) in [5, 5.41) is 13.6. The minimum Gasteiger partial charge on any atom is -0.507 e. The van der Waals surface area contributed by atoms with E-state index < -0.39 is 11.6 Å². The first-order valence-electron chi connectivity index (χ1n) is 11.0. The predicted octanol–water partition coefficient (Wildman–Crippen LogP) is 5.82. The molecule has 0 heterocycles. The monoisotopic (exact) mass is 515 g/mol. The standard InChI is InChI=1S/C29H26BrNO3/c1-34-28(33)26(20-21-17-18-27(32)25(30)19-21)31-29(22-11-5-2-6-12-22,23-13-7-3-8-14-23)24-15-9-4-10-16-24/h2-19,26,31-32H,20H2,1H3. The number of carbonyl (C=O) groups is 1. The Morgan fingerprint density at radius 2 is 1.32 bits per heavy atom. The van der Waals surface area contributed by atoms with Gasteiger partial charge in [-0.15, -0.1) is 0 Å². The van der Waals surface area contributed by atoms with E-state index in [-0.39, 0.29) is 11.7 Å². The number of halogens is 1. The van der Waals surface area contributed by atoms with Gasteiger partial charge in [0, 0.05) is 0 Å². The van der Waals surface area contributed by atoms with E-state index in [1.807, 2.05) is 66.7 Å². The Morgan fingerprint density at radius 1 is 0.853 bits per heavy atom. The molecule has 172 valence electrons. The average molecular weight is 516 g/mol. The molecule has 34 heavy (non-hydrogen) atoms. The predicted molar refractivity (Wildman–Crippen MR) is 138 cm³/mol. The van der Waals surface area contributed by atoms with E-state index in [1.54, 1.807) is 6.07 Å². The van der Waals surface area contributed by atoms with Crippen molar-refractivity contribution in [3.8, 4) is 5.75 Å². The summed E-state index contributed by atoms with van der Waals surface area (Å²) in [6, 6.07) is 35.0. The summed E-state index contributed by atoms with van der Waals surface area (Å²) in [5.41, 5.74) is 3.10. The van der Waals surface area contributed by atoms with Crippen LogP contribution in [-0.4, -0.2) is 24.2 Å². The largest absolute Gasteiger partial charge is 0.507 e. The SMILES string of the molecule is COC(=O)C(Cc1ccc(O)c(Br)c1)NC(c1ccccc1)(c1ccccc1)c1ccccc1. The minimum atomic E-state index is -0.809. The topological polar surface area (TPSA) is 58.6 Å². The van der Waals surface area contributed by atoms with Crippen molar-refractivity contribution in [1.29, 1.82) is 0 Å². The molecule has 5 heteroatoms. The lowest BCUT2D eigenvalue weighted by Gasteiger charge is -2.39. The van der Waals surface area contributed by atoms with Crippen molar-refractivity contribution < 1.29 is 14.6 Å². The van der Waals surface area contributed by atoms with E-state index in [1.165, 1.54) is 7.11 Å². The molecule has 0 fully saturated rings. The van der Waals surface area contributed by atoms with Gasteiger partial charge >= 0.3 is 5.97 Å². The van der Waals surface area contributed by atoms with Crippen LogP contribution in [0.15, 0.2) is 114 Å². The van der Waals surface area contributed by atoms with Crippen molar-refractivity contribution in [3.05, 3.63) is 136 Å². The molecule has 2 N–H and O–H groups in total. The first-order chi connectivity index (χ1) is 16.5. The molecule has 4 rings (SSSR count).